The Balaban J connectivity index is 2.05. The van der Waals surface area contributed by atoms with Gasteiger partial charge in [-0.3, -0.25) is 4.90 Å². The second kappa shape index (κ2) is 7.97. The lowest BCUT2D eigenvalue weighted by molar-refractivity contribution is 0.0584. The maximum Gasteiger partial charge on any atom is 0.0252 e. The van der Waals surface area contributed by atoms with Crippen LogP contribution in [0, 0.1) is 17.8 Å². The molecule has 2 saturated carbocycles. The van der Waals surface area contributed by atoms with Crippen LogP contribution < -0.4 is 5.73 Å². The van der Waals surface area contributed by atoms with Crippen LogP contribution >= 0.6 is 0 Å². The topological polar surface area (TPSA) is 29.3 Å². The van der Waals surface area contributed by atoms with Gasteiger partial charge in [0.25, 0.3) is 0 Å². The Morgan fingerprint density at radius 1 is 1.00 bits per heavy atom. The molecule has 0 aromatic rings. The minimum atomic E-state index is 0.410. The third-order valence-electron chi connectivity index (χ3n) is 6.04. The highest BCUT2D eigenvalue weighted by Gasteiger charge is 2.37. The van der Waals surface area contributed by atoms with Gasteiger partial charge in [0.05, 0.1) is 0 Å². The van der Waals surface area contributed by atoms with E-state index in [4.69, 9.17) is 5.73 Å². The molecule has 2 heteroatoms. The summed E-state index contributed by atoms with van der Waals surface area (Å²) in [5.74, 6) is 2.50. The van der Waals surface area contributed by atoms with E-state index in [0.29, 0.717) is 12.1 Å². The van der Waals surface area contributed by atoms with Gasteiger partial charge in [-0.05, 0) is 62.8 Å². The number of rotatable bonds is 6. The fraction of sp³-hybridized carbons (Fsp3) is 1.00. The lowest BCUT2D eigenvalue weighted by atomic mass is 9.76. The van der Waals surface area contributed by atoms with E-state index in [1.54, 1.807) is 0 Å². The number of nitrogens with zero attached hydrogens (tertiary/aromatic N) is 1. The van der Waals surface area contributed by atoms with Crippen molar-refractivity contribution in [1.82, 2.24) is 4.90 Å². The minimum absolute atomic E-state index is 0.410. The van der Waals surface area contributed by atoms with Gasteiger partial charge in [-0.1, -0.05) is 40.5 Å². The molecular formula is C19H38N2. The molecule has 3 unspecified atom stereocenters. The van der Waals surface area contributed by atoms with E-state index in [-0.39, 0.29) is 0 Å². The van der Waals surface area contributed by atoms with Crippen molar-refractivity contribution in [3.63, 3.8) is 0 Å². The molecule has 0 heterocycles. The molecule has 0 radical (unpaired) electrons. The Kier molecular flexibility index (Phi) is 6.55. The van der Waals surface area contributed by atoms with E-state index in [0.717, 1.165) is 23.8 Å². The molecule has 0 aromatic heterocycles. The molecule has 2 rings (SSSR count). The van der Waals surface area contributed by atoms with Gasteiger partial charge in [0.1, 0.15) is 0 Å². The van der Waals surface area contributed by atoms with Crippen LogP contribution in [0.2, 0.25) is 0 Å². The van der Waals surface area contributed by atoms with Crippen LogP contribution in [0.15, 0.2) is 0 Å². The van der Waals surface area contributed by atoms with Crippen LogP contribution in [0.3, 0.4) is 0 Å². The van der Waals surface area contributed by atoms with Crippen LogP contribution in [0.25, 0.3) is 0 Å². The first-order valence-corrected chi connectivity index (χ1v) is 9.50. The van der Waals surface area contributed by atoms with Gasteiger partial charge in [-0.2, -0.15) is 0 Å². The van der Waals surface area contributed by atoms with Crippen LogP contribution in [0.1, 0.15) is 79.1 Å². The molecule has 124 valence electrons. The monoisotopic (exact) mass is 294 g/mol. The Hall–Kier alpha value is -0.0800. The molecule has 21 heavy (non-hydrogen) atoms. The average Bonchev–Trinajstić information content (AvgIpc) is 2.94. The third-order valence-corrected chi connectivity index (χ3v) is 6.04. The standard InChI is InChI=1S/C19H38N2/c1-14(2)11-12-21(17-7-5-6-8-17)19-13-16(15(3)4)9-10-18(19)20/h14-19H,5-13,20H2,1-4H3. The Morgan fingerprint density at radius 3 is 2.24 bits per heavy atom. The molecule has 3 atom stereocenters. The zero-order valence-corrected chi connectivity index (χ0v) is 14.9. The summed E-state index contributed by atoms with van der Waals surface area (Å²) in [5, 5.41) is 0. The lowest BCUT2D eigenvalue weighted by Gasteiger charge is -2.45. The van der Waals surface area contributed by atoms with Crippen molar-refractivity contribution in [2.45, 2.75) is 97.2 Å². The second-order valence-corrected chi connectivity index (χ2v) is 8.41. The number of nitrogens with two attached hydrogens (primary N) is 1. The highest BCUT2D eigenvalue weighted by Crippen LogP contribution is 2.35. The van der Waals surface area contributed by atoms with Crippen molar-refractivity contribution < 1.29 is 0 Å². The van der Waals surface area contributed by atoms with Crippen LogP contribution in [-0.2, 0) is 0 Å². The normalized spacial score (nSPS) is 31.7. The average molecular weight is 295 g/mol. The molecule has 0 aromatic carbocycles. The SMILES string of the molecule is CC(C)CCN(C1CCCC1)C1CC(C(C)C)CCC1N. The summed E-state index contributed by atoms with van der Waals surface area (Å²) in [5.41, 5.74) is 6.57. The van der Waals surface area contributed by atoms with Gasteiger partial charge < -0.3 is 5.73 Å². The maximum atomic E-state index is 6.57. The molecule has 2 nitrogen and oxygen atoms in total. The van der Waals surface area contributed by atoms with Crippen molar-refractivity contribution in [3.05, 3.63) is 0 Å². The summed E-state index contributed by atoms with van der Waals surface area (Å²) in [6, 6.07) is 1.88. The largest absolute Gasteiger partial charge is 0.326 e. The van der Waals surface area contributed by atoms with Crippen molar-refractivity contribution in [2.24, 2.45) is 23.5 Å². The summed E-state index contributed by atoms with van der Waals surface area (Å²) in [6.45, 7) is 10.8. The van der Waals surface area contributed by atoms with Gasteiger partial charge in [-0.25, -0.2) is 0 Å². The molecule has 2 aliphatic carbocycles. The summed E-state index contributed by atoms with van der Waals surface area (Å²) in [7, 11) is 0. The highest BCUT2D eigenvalue weighted by atomic mass is 15.2. The first-order valence-electron chi connectivity index (χ1n) is 9.50. The van der Waals surface area contributed by atoms with Gasteiger partial charge >= 0.3 is 0 Å². The van der Waals surface area contributed by atoms with E-state index in [9.17, 15) is 0 Å². The van der Waals surface area contributed by atoms with Gasteiger partial charge in [-0.15, -0.1) is 0 Å². The molecule has 0 amide bonds. The van der Waals surface area contributed by atoms with Crippen molar-refractivity contribution in [3.8, 4) is 0 Å². The van der Waals surface area contributed by atoms with Crippen LogP contribution in [-0.4, -0.2) is 29.6 Å². The van der Waals surface area contributed by atoms with E-state index < -0.39 is 0 Å². The van der Waals surface area contributed by atoms with Crippen molar-refractivity contribution in [2.75, 3.05) is 6.54 Å². The zero-order chi connectivity index (χ0) is 15.4. The van der Waals surface area contributed by atoms with E-state index >= 15 is 0 Å². The van der Waals surface area contributed by atoms with E-state index in [1.807, 2.05) is 0 Å². The summed E-state index contributed by atoms with van der Waals surface area (Å²) >= 11 is 0. The molecule has 0 saturated heterocycles. The zero-order valence-electron chi connectivity index (χ0n) is 14.9. The number of hydrogen-bond acceptors (Lipinski definition) is 2. The Bertz CT molecular complexity index is 294. The Labute approximate surface area is 132 Å². The maximum absolute atomic E-state index is 6.57. The van der Waals surface area contributed by atoms with Crippen molar-refractivity contribution >= 4 is 0 Å². The summed E-state index contributed by atoms with van der Waals surface area (Å²) in [6.07, 6.45) is 10.9. The molecular weight excluding hydrogens is 256 g/mol. The van der Waals surface area contributed by atoms with Crippen molar-refractivity contribution in [1.29, 1.82) is 0 Å². The predicted octanol–water partition coefficient (Wildman–Crippen LogP) is 4.43. The summed E-state index contributed by atoms with van der Waals surface area (Å²) in [4.78, 5) is 2.85. The van der Waals surface area contributed by atoms with Gasteiger partial charge in [0.15, 0.2) is 0 Å². The lowest BCUT2D eigenvalue weighted by Crippen LogP contribution is -2.55. The fourth-order valence-corrected chi connectivity index (χ4v) is 4.45. The third kappa shape index (κ3) is 4.69. The molecule has 2 N–H and O–H groups in total. The molecule has 0 aliphatic heterocycles. The molecule has 0 spiro atoms. The summed E-state index contributed by atoms with van der Waals surface area (Å²) < 4.78 is 0. The van der Waals surface area contributed by atoms with E-state index in [1.165, 1.54) is 57.9 Å². The quantitative estimate of drug-likeness (QED) is 0.785. The second-order valence-electron chi connectivity index (χ2n) is 8.41. The first kappa shape index (κ1) is 17.3. The smallest absolute Gasteiger partial charge is 0.0252 e. The highest BCUT2D eigenvalue weighted by molar-refractivity contribution is 4.93. The molecule has 2 fully saturated rings. The molecule has 0 bridgehead atoms. The predicted molar refractivity (Wildman–Crippen MR) is 92.4 cm³/mol. The minimum Gasteiger partial charge on any atom is -0.326 e. The first-order chi connectivity index (χ1) is 9.99. The van der Waals surface area contributed by atoms with Gasteiger partial charge in [0.2, 0.25) is 0 Å². The van der Waals surface area contributed by atoms with Gasteiger partial charge in [0, 0.05) is 18.1 Å². The fourth-order valence-electron chi connectivity index (χ4n) is 4.45. The Morgan fingerprint density at radius 2 is 1.67 bits per heavy atom. The number of hydrogen-bond donors (Lipinski definition) is 1. The van der Waals surface area contributed by atoms with Crippen LogP contribution in [0.5, 0.6) is 0 Å². The van der Waals surface area contributed by atoms with Crippen LogP contribution in [0.4, 0.5) is 0 Å². The van der Waals surface area contributed by atoms with E-state index in [2.05, 4.69) is 32.6 Å². The molecule has 2 aliphatic rings.